The maximum Gasteiger partial charge on any atom is 0.237 e. The van der Waals surface area contributed by atoms with Crippen LogP contribution in [0.25, 0.3) is 11.4 Å². The third-order valence-electron chi connectivity index (χ3n) is 5.42. The van der Waals surface area contributed by atoms with Crippen LogP contribution in [-0.2, 0) is 21.7 Å². The molecule has 2 aromatic carbocycles. The van der Waals surface area contributed by atoms with Crippen LogP contribution >= 0.6 is 11.8 Å². The minimum absolute atomic E-state index is 0.000304. The third kappa shape index (κ3) is 4.67. The first-order chi connectivity index (χ1) is 14.9. The Morgan fingerprint density at radius 2 is 1.84 bits per heavy atom. The van der Waals surface area contributed by atoms with Crippen LogP contribution in [0, 0.1) is 6.92 Å². The molecule has 7 nitrogen and oxygen atoms in total. The van der Waals surface area contributed by atoms with Gasteiger partial charge in [-0.25, -0.2) is 8.42 Å². The monoisotopic (exact) mass is 456 g/mol. The fourth-order valence-corrected chi connectivity index (χ4v) is 6.29. The Hall–Kier alpha value is -2.65. The van der Waals surface area contributed by atoms with Crippen molar-refractivity contribution in [3.8, 4) is 11.4 Å². The standard InChI is InChI=1S/C22H24N4O3S2/c1-16-8-6-7-11-19(16)21-23-24-22(25(21)2)30-14-20(27)26(17-9-4-3-5-10-17)18-12-13-31(28,29)15-18/h3-11,18H,12-15H2,1-2H3. The molecule has 1 aliphatic heterocycles. The predicted octanol–water partition coefficient (Wildman–Crippen LogP) is 3.10. The minimum atomic E-state index is -3.11. The summed E-state index contributed by atoms with van der Waals surface area (Å²) in [7, 11) is -1.23. The summed E-state index contributed by atoms with van der Waals surface area (Å²) in [5.41, 5.74) is 2.81. The Labute approximate surface area is 186 Å². The zero-order valence-corrected chi connectivity index (χ0v) is 19.1. The molecule has 1 unspecified atom stereocenters. The van der Waals surface area contributed by atoms with Crippen molar-refractivity contribution in [3.63, 3.8) is 0 Å². The van der Waals surface area contributed by atoms with E-state index < -0.39 is 9.84 Å². The van der Waals surface area contributed by atoms with Gasteiger partial charge in [0.15, 0.2) is 20.8 Å². The number of rotatable bonds is 6. The van der Waals surface area contributed by atoms with E-state index in [4.69, 9.17) is 0 Å². The van der Waals surface area contributed by atoms with Crippen LogP contribution in [0.3, 0.4) is 0 Å². The van der Waals surface area contributed by atoms with Crippen molar-refractivity contribution in [2.24, 2.45) is 7.05 Å². The Bertz CT molecular complexity index is 1190. The first-order valence-electron chi connectivity index (χ1n) is 10.0. The molecule has 1 aromatic heterocycles. The van der Waals surface area contributed by atoms with Gasteiger partial charge in [-0.2, -0.15) is 0 Å². The van der Waals surface area contributed by atoms with Crippen molar-refractivity contribution in [1.82, 2.24) is 14.8 Å². The van der Waals surface area contributed by atoms with Gasteiger partial charge in [0, 0.05) is 18.3 Å². The van der Waals surface area contributed by atoms with Crippen LogP contribution in [0.4, 0.5) is 5.69 Å². The number of amides is 1. The summed E-state index contributed by atoms with van der Waals surface area (Å²) >= 11 is 1.31. The molecule has 0 spiro atoms. The molecular weight excluding hydrogens is 432 g/mol. The van der Waals surface area contributed by atoms with Crippen molar-refractivity contribution in [2.75, 3.05) is 22.2 Å². The fourth-order valence-electron chi connectivity index (χ4n) is 3.82. The third-order valence-corrected chi connectivity index (χ3v) is 8.18. The number of carbonyl (C=O) groups excluding carboxylic acids is 1. The van der Waals surface area contributed by atoms with Gasteiger partial charge in [-0.15, -0.1) is 10.2 Å². The van der Waals surface area contributed by atoms with Gasteiger partial charge in [-0.3, -0.25) is 4.79 Å². The average Bonchev–Trinajstić information content (AvgIpc) is 3.29. The highest BCUT2D eigenvalue weighted by atomic mass is 32.2. The van der Waals surface area contributed by atoms with Crippen molar-refractivity contribution in [2.45, 2.75) is 24.5 Å². The summed E-state index contributed by atoms with van der Waals surface area (Å²) < 4.78 is 25.9. The molecule has 3 aromatic rings. The number of aromatic nitrogens is 3. The molecule has 0 bridgehead atoms. The Morgan fingerprint density at radius 1 is 1.13 bits per heavy atom. The highest BCUT2D eigenvalue weighted by molar-refractivity contribution is 7.99. The summed E-state index contributed by atoms with van der Waals surface area (Å²) in [6, 6.07) is 16.9. The number of para-hydroxylation sites is 1. The zero-order chi connectivity index (χ0) is 22.0. The Balaban J connectivity index is 1.53. The maximum absolute atomic E-state index is 13.2. The molecule has 0 aliphatic carbocycles. The largest absolute Gasteiger partial charge is 0.308 e. The second-order valence-corrected chi connectivity index (χ2v) is 10.8. The lowest BCUT2D eigenvalue weighted by Crippen LogP contribution is -2.42. The van der Waals surface area contributed by atoms with Gasteiger partial charge in [-0.05, 0) is 31.0 Å². The van der Waals surface area contributed by atoms with E-state index in [0.29, 0.717) is 17.3 Å². The second-order valence-electron chi connectivity index (χ2n) is 7.62. The molecule has 1 fully saturated rings. The topological polar surface area (TPSA) is 85.2 Å². The lowest BCUT2D eigenvalue weighted by Gasteiger charge is -2.28. The first-order valence-corrected chi connectivity index (χ1v) is 12.8. The van der Waals surface area contributed by atoms with Crippen LogP contribution in [0.2, 0.25) is 0 Å². The molecule has 1 amide bonds. The highest BCUT2D eigenvalue weighted by Crippen LogP contribution is 2.28. The molecule has 31 heavy (non-hydrogen) atoms. The molecule has 2 heterocycles. The molecule has 9 heteroatoms. The number of anilines is 1. The number of hydrogen-bond acceptors (Lipinski definition) is 6. The first kappa shape index (κ1) is 21.6. The van der Waals surface area contributed by atoms with E-state index >= 15 is 0 Å². The molecular formula is C22H24N4O3S2. The van der Waals surface area contributed by atoms with E-state index in [1.165, 1.54) is 11.8 Å². The van der Waals surface area contributed by atoms with Crippen LogP contribution in [-0.4, -0.2) is 52.4 Å². The number of thioether (sulfide) groups is 1. The SMILES string of the molecule is Cc1ccccc1-c1nnc(SCC(=O)N(c2ccccc2)C2CCS(=O)(=O)C2)n1C. The summed E-state index contributed by atoms with van der Waals surface area (Å²) in [5, 5.41) is 9.22. The highest BCUT2D eigenvalue weighted by Gasteiger charge is 2.35. The molecule has 0 saturated carbocycles. The van der Waals surface area contributed by atoms with Gasteiger partial charge >= 0.3 is 0 Å². The molecule has 0 N–H and O–H groups in total. The number of benzene rings is 2. The number of nitrogens with zero attached hydrogens (tertiary/aromatic N) is 4. The number of aryl methyl sites for hydroxylation is 1. The molecule has 1 saturated heterocycles. The molecule has 4 rings (SSSR count). The summed E-state index contributed by atoms with van der Waals surface area (Å²) in [6.07, 6.45) is 0.453. The van der Waals surface area contributed by atoms with Crippen LogP contribution in [0.5, 0.6) is 0 Å². The maximum atomic E-state index is 13.2. The lowest BCUT2D eigenvalue weighted by atomic mass is 10.1. The number of hydrogen-bond donors (Lipinski definition) is 0. The Morgan fingerprint density at radius 3 is 2.52 bits per heavy atom. The summed E-state index contributed by atoms with van der Waals surface area (Å²) in [4.78, 5) is 14.8. The molecule has 1 aliphatic rings. The van der Waals surface area contributed by atoms with Crippen molar-refractivity contribution in [3.05, 3.63) is 60.2 Å². The number of carbonyl (C=O) groups is 1. The predicted molar refractivity (Wildman–Crippen MR) is 123 cm³/mol. The van der Waals surface area contributed by atoms with E-state index in [9.17, 15) is 13.2 Å². The minimum Gasteiger partial charge on any atom is -0.308 e. The molecule has 1 atom stereocenters. The zero-order valence-electron chi connectivity index (χ0n) is 17.4. The van der Waals surface area contributed by atoms with Gasteiger partial charge in [0.25, 0.3) is 0 Å². The molecule has 0 radical (unpaired) electrons. The van der Waals surface area contributed by atoms with Gasteiger partial charge < -0.3 is 9.47 Å². The van der Waals surface area contributed by atoms with E-state index in [-0.39, 0.29) is 29.2 Å². The lowest BCUT2D eigenvalue weighted by molar-refractivity contribution is -0.116. The van der Waals surface area contributed by atoms with Crippen LogP contribution < -0.4 is 4.90 Å². The molecule has 162 valence electrons. The Kier molecular flexibility index (Phi) is 6.15. The van der Waals surface area contributed by atoms with Crippen molar-refractivity contribution >= 4 is 33.2 Å². The average molecular weight is 457 g/mol. The van der Waals surface area contributed by atoms with E-state index in [2.05, 4.69) is 10.2 Å². The van der Waals surface area contributed by atoms with Crippen molar-refractivity contribution in [1.29, 1.82) is 0 Å². The van der Waals surface area contributed by atoms with E-state index in [1.54, 1.807) is 4.90 Å². The smallest absolute Gasteiger partial charge is 0.237 e. The van der Waals surface area contributed by atoms with Crippen LogP contribution in [0.1, 0.15) is 12.0 Å². The summed E-state index contributed by atoms with van der Waals surface area (Å²) in [6.45, 7) is 2.02. The quantitative estimate of drug-likeness (QED) is 0.530. The van der Waals surface area contributed by atoms with Crippen LogP contribution in [0.15, 0.2) is 59.8 Å². The fraction of sp³-hybridized carbons (Fsp3) is 0.318. The number of sulfone groups is 1. The van der Waals surface area contributed by atoms with E-state index in [1.807, 2.05) is 73.1 Å². The van der Waals surface area contributed by atoms with Gasteiger partial charge in [0.2, 0.25) is 5.91 Å². The second kappa shape index (κ2) is 8.84. The normalized spacial score (nSPS) is 17.5. The van der Waals surface area contributed by atoms with Gasteiger partial charge in [0.1, 0.15) is 0 Å². The van der Waals surface area contributed by atoms with Gasteiger partial charge in [-0.1, -0.05) is 54.2 Å². The van der Waals surface area contributed by atoms with Gasteiger partial charge in [0.05, 0.1) is 23.3 Å². The van der Waals surface area contributed by atoms with E-state index in [0.717, 1.165) is 17.0 Å². The van der Waals surface area contributed by atoms with Crippen molar-refractivity contribution < 1.29 is 13.2 Å². The summed E-state index contributed by atoms with van der Waals surface area (Å²) in [5.74, 6) is 0.864.